The van der Waals surface area contributed by atoms with Crippen molar-refractivity contribution in [1.29, 1.82) is 0 Å². The first-order valence-electron chi connectivity index (χ1n) is 7.35. The molecule has 0 radical (unpaired) electrons. The SMILES string of the molecule is Cc1nn(C2CCC2)c(N)c1OC(=O)C1CNC[C@H]1C. The number of ether oxygens (including phenoxy) is 1. The van der Waals surface area contributed by atoms with Gasteiger partial charge in [0, 0.05) is 6.54 Å². The van der Waals surface area contributed by atoms with Gasteiger partial charge in [0.25, 0.3) is 0 Å². The molecule has 2 atom stereocenters. The van der Waals surface area contributed by atoms with Crippen molar-refractivity contribution in [3.63, 3.8) is 0 Å². The average Bonchev–Trinajstić information content (AvgIpc) is 2.87. The molecule has 1 aromatic rings. The highest BCUT2D eigenvalue weighted by Crippen LogP contribution is 2.37. The van der Waals surface area contributed by atoms with Crippen LogP contribution in [-0.4, -0.2) is 28.8 Å². The summed E-state index contributed by atoms with van der Waals surface area (Å²) in [6.45, 7) is 5.43. The monoisotopic (exact) mass is 278 g/mol. The topological polar surface area (TPSA) is 82.2 Å². The zero-order valence-corrected chi connectivity index (χ0v) is 12.1. The Bertz CT molecular complexity index is 521. The summed E-state index contributed by atoms with van der Waals surface area (Å²) >= 11 is 0. The lowest BCUT2D eigenvalue weighted by atomic mass is 9.93. The van der Waals surface area contributed by atoms with Crippen molar-refractivity contribution in [1.82, 2.24) is 15.1 Å². The van der Waals surface area contributed by atoms with Crippen LogP contribution in [0.25, 0.3) is 0 Å². The van der Waals surface area contributed by atoms with Crippen molar-refractivity contribution in [2.24, 2.45) is 11.8 Å². The normalized spacial score (nSPS) is 26.5. The van der Waals surface area contributed by atoms with Crippen molar-refractivity contribution in [3.05, 3.63) is 5.69 Å². The fourth-order valence-corrected chi connectivity index (χ4v) is 2.89. The first-order valence-corrected chi connectivity index (χ1v) is 7.35. The number of esters is 1. The fourth-order valence-electron chi connectivity index (χ4n) is 2.89. The summed E-state index contributed by atoms with van der Waals surface area (Å²) in [5, 5.41) is 7.64. The Balaban J connectivity index is 1.76. The molecule has 110 valence electrons. The molecule has 1 saturated heterocycles. The molecule has 6 nitrogen and oxygen atoms in total. The van der Waals surface area contributed by atoms with Crippen molar-refractivity contribution >= 4 is 11.8 Å². The molecule has 1 unspecified atom stereocenters. The molecule has 2 fully saturated rings. The van der Waals surface area contributed by atoms with E-state index >= 15 is 0 Å². The van der Waals surface area contributed by atoms with Crippen molar-refractivity contribution in [3.8, 4) is 5.75 Å². The first kappa shape index (κ1) is 13.4. The summed E-state index contributed by atoms with van der Waals surface area (Å²) in [4.78, 5) is 12.2. The summed E-state index contributed by atoms with van der Waals surface area (Å²) in [5.41, 5.74) is 6.80. The van der Waals surface area contributed by atoms with E-state index < -0.39 is 0 Å². The second-order valence-electron chi connectivity index (χ2n) is 5.99. The Hall–Kier alpha value is -1.56. The van der Waals surface area contributed by atoms with E-state index in [4.69, 9.17) is 10.5 Å². The van der Waals surface area contributed by atoms with Gasteiger partial charge in [0.2, 0.25) is 0 Å². The molecule has 0 aromatic carbocycles. The maximum absolute atomic E-state index is 12.2. The Morgan fingerprint density at radius 1 is 1.45 bits per heavy atom. The predicted molar refractivity (Wildman–Crippen MR) is 75.4 cm³/mol. The van der Waals surface area contributed by atoms with Crippen molar-refractivity contribution in [2.75, 3.05) is 18.8 Å². The first-order chi connectivity index (χ1) is 9.58. The van der Waals surface area contributed by atoms with Crippen LogP contribution >= 0.6 is 0 Å². The molecule has 2 heterocycles. The second-order valence-corrected chi connectivity index (χ2v) is 5.99. The summed E-state index contributed by atoms with van der Waals surface area (Å²) in [7, 11) is 0. The number of anilines is 1. The Morgan fingerprint density at radius 3 is 2.75 bits per heavy atom. The van der Waals surface area contributed by atoms with Gasteiger partial charge in [-0.25, -0.2) is 4.68 Å². The molecule has 2 aliphatic rings. The Labute approximate surface area is 118 Å². The van der Waals surface area contributed by atoms with Crippen LogP contribution in [0.4, 0.5) is 5.82 Å². The number of hydrogen-bond donors (Lipinski definition) is 2. The van der Waals surface area contributed by atoms with E-state index in [1.807, 2.05) is 11.6 Å². The fraction of sp³-hybridized carbons (Fsp3) is 0.714. The molecule has 1 saturated carbocycles. The lowest BCUT2D eigenvalue weighted by Gasteiger charge is -2.26. The number of aryl methyl sites for hydroxylation is 1. The third-order valence-electron chi connectivity index (χ3n) is 4.51. The third-order valence-corrected chi connectivity index (χ3v) is 4.51. The summed E-state index contributed by atoms with van der Waals surface area (Å²) in [6.07, 6.45) is 3.41. The van der Waals surface area contributed by atoms with Crippen LogP contribution in [0.3, 0.4) is 0 Å². The number of aromatic nitrogens is 2. The average molecular weight is 278 g/mol. The zero-order valence-electron chi connectivity index (χ0n) is 12.1. The Kier molecular flexibility index (Phi) is 3.41. The van der Waals surface area contributed by atoms with Crippen LogP contribution in [0, 0.1) is 18.8 Å². The highest BCUT2D eigenvalue weighted by atomic mass is 16.5. The van der Waals surface area contributed by atoms with Gasteiger partial charge in [0.15, 0.2) is 11.6 Å². The van der Waals surface area contributed by atoms with Crippen molar-refractivity contribution in [2.45, 2.75) is 39.2 Å². The summed E-state index contributed by atoms with van der Waals surface area (Å²) < 4.78 is 7.36. The van der Waals surface area contributed by atoms with Crippen molar-refractivity contribution < 1.29 is 9.53 Å². The third kappa shape index (κ3) is 2.18. The van der Waals surface area contributed by atoms with E-state index in [1.165, 1.54) is 6.42 Å². The van der Waals surface area contributed by atoms with Crippen LogP contribution in [0.15, 0.2) is 0 Å². The lowest BCUT2D eigenvalue weighted by Crippen LogP contribution is -2.26. The van der Waals surface area contributed by atoms with Gasteiger partial charge in [-0.15, -0.1) is 0 Å². The van der Waals surface area contributed by atoms with Gasteiger partial charge in [-0.2, -0.15) is 5.10 Å². The maximum atomic E-state index is 12.2. The molecule has 1 aliphatic heterocycles. The van der Waals surface area contributed by atoms with Crippen LogP contribution < -0.4 is 15.8 Å². The highest BCUT2D eigenvalue weighted by Gasteiger charge is 2.33. The van der Waals surface area contributed by atoms with Crippen LogP contribution in [0.5, 0.6) is 5.75 Å². The van der Waals surface area contributed by atoms with Crippen LogP contribution in [0.2, 0.25) is 0 Å². The van der Waals surface area contributed by atoms with E-state index in [0.717, 1.165) is 19.4 Å². The van der Waals surface area contributed by atoms with Gasteiger partial charge in [0.05, 0.1) is 12.0 Å². The predicted octanol–water partition coefficient (Wildman–Crippen LogP) is 1.26. The number of nitrogens with zero attached hydrogens (tertiary/aromatic N) is 2. The zero-order chi connectivity index (χ0) is 14.3. The number of hydrogen-bond acceptors (Lipinski definition) is 5. The number of nitrogen functional groups attached to an aromatic ring is 1. The summed E-state index contributed by atoms with van der Waals surface area (Å²) in [6, 6.07) is 0.369. The van der Waals surface area contributed by atoms with Gasteiger partial charge >= 0.3 is 5.97 Å². The molecule has 20 heavy (non-hydrogen) atoms. The number of nitrogens with one attached hydrogen (secondary N) is 1. The second kappa shape index (κ2) is 5.09. The van der Waals surface area contributed by atoms with Crippen LogP contribution in [0.1, 0.15) is 37.9 Å². The van der Waals surface area contributed by atoms with E-state index in [2.05, 4.69) is 17.3 Å². The minimum absolute atomic E-state index is 0.0964. The minimum atomic E-state index is -0.203. The number of carbonyl (C=O) groups is 1. The van der Waals surface area contributed by atoms with E-state index in [9.17, 15) is 4.79 Å². The molecule has 6 heteroatoms. The molecule has 3 N–H and O–H groups in total. The van der Waals surface area contributed by atoms with E-state index in [0.29, 0.717) is 35.8 Å². The van der Waals surface area contributed by atoms with E-state index in [-0.39, 0.29) is 11.9 Å². The smallest absolute Gasteiger partial charge is 0.316 e. The standard InChI is InChI=1S/C14H22N4O2/c1-8-6-16-7-11(8)14(19)20-12-9(2)17-18(13(12)15)10-4-3-5-10/h8,10-11,16H,3-7,15H2,1-2H3/t8-,11?/m1/s1. The quantitative estimate of drug-likeness (QED) is 0.813. The lowest BCUT2D eigenvalue weighted by molar-refractivity contribution is -0.139. The molecule has 0 amide bonds. The Morgan fingerprint density at radius 2 is 2.20 bits per heavy atom. The van der Waals surface area contributed by atoms with Gasteiger partial charge in [-0.1, -0.05) is 6.92 Å². The molecule has 3 rings (SSSR count). The number of rotatable bonds is 3. The number of nitrogens with two attached hydrogens (primary N) is 1. The number of carbonyl (C=O) groups excluding carboxylic acids is 1. The van der Waals surface area contributed by atoms with Gasteiger partial charge in [-0.3, -0.25) is 4.79 Å². The highest BCUT2D eigenvalue weighted by molar-refractivity contribution is 5.77. The van der Waals surface area contributed by atoms with Gasteiger partial charge in [0.1, 0.15) is 5.69 Å². The molecule has 1 aliphatic carbocycles. The largest absolute Gasteiger partial charge is 0.420 e. The van der Waals surface area contributed by atoms with Crippen LogP contribution in [-0.2, 0) is 4.79 Å². The molecular formula is C14H22N4O2. The molecule has 0 spiro atoms. The minimum Gasteiger partial charge on any atom is -0.420 e. The molecule has 1 aromatic heterocycles. The van der Waals surface area contributed by atoms with Gasteiger partial charge in [-0.05, 0) is 38.6 Å². The molecular weight excluding hydrogens is 256 g/mol. The summed E-state index contributed by atoms with van der Waals surface area (Å²) in [5.74, 6) is 0.928. The van der Waals surface area contributed by atoms with Gasteiger partial charge < -0.3 is 15.8 Å². The van der Waals surface area contributed by atoms with E-state index in [1.54, 1.807) is 0 Å². The maximum Gasteiger partial charge on any atom is 0.316 e. The molecule has 0 bridgehead atoms.